The second kappa shape index (κ2) is 9.20. The molecule has 0 spiro atoms. The zero-order chi connectivity index (χ0) is 16.9. The van der Waals surface area contributed by atoms with Crippen LogP contribution < -0.4 is 0 Å². The minimum Gasteiger partial charge on any atom is -0.481 e. The molecule has 2 aliphatic heterocycles. The van der Waals surface area contributed by atoms with Gasteiger partial charge in [0.05, 0.1) is 5.92 Å². The SMILES string of the molecule is Cl.O=C(O)C1CCN(C(C(=O)N2CCCCC2)c2ccccc2)CC1. The summed E-state index contributed by atoms with van der Waals surface area (Å²) in [6, 6.07) is 9.64. The van der Waals surface area contributed by atoms with Gasteiger partial charge < -0.3 is 10.0 Å². The molecule has 0 aromatic heterocycles. The quantitative estimate of drug-likeness (QED) is 0.889. The van der Waals surface area contributed by atoms with Crippen LogP contribution in [0, 0.1) is 5.92 Å². The normalized spacial score (nSPS) is 20.6. The van der Waals surface area contributed by atoms with E-state index >= 15 is 0 Å². The lowest BCUT2D eigenvalue weighted by molar-refractivity contribution is -0.144. The molecule has 0 aliphatic carbocycles. The third-order valence-electron chi connectivity index (χ3n) is 5.26. The maximum atomic E-state index is 13.2. The Balaban J connectivity index is 0.00000225. The van der Waals surface area contributed by atoms with Gasteiger partial charge in [-0.15, -0.1) is 12.4 Å². The molecule has 0 radical (unpaired) electrons. The summed E-state index contributed by atoms with van der Waals surface area (Å²) >= 11 is 0. The zero-order valence-electron chi connectivity index (χ0n) is 14.5. The van der Waals surface area contributed by atoms with Crippen LogP contribution in [0.3, 0.4) is 0 Å². The van der Waals surface area contributed by atoms with Gasteiger partial charge in [0.25, 0.3) is 0 Å². The van der Waals surface area contributed by atoms with Gasteiger partial charge in [-0.1, -0.05) is 30.3 Å². The fraction of sp³-hybridized carbons (Fsp3) is 0.579. The van der Waals surface area contributed by atoms with Crippen molar-refractivity contribution in [2.24, 2.45) is 5.92 Å². The van der Waals surface area contributed by atoms with Gasteiger partial charge in [-0.2, -0.15) is 0 Å². The highest BCUT2D eigenvalue weighted by molar-refractivity contribution is 5.85. The average molecular weight is 367 g/mol. The number of piperidine rings is 2. The van der Waals surface area contributed by atoms with Crippen LogP contribution in [0.25, 0.3) is 0 Å². The van der Waals surface area contributed by atoms with Crippen molar-refractivity contribution in [3.05, 3.63) is 35.9 Å². The number of carboxylic acids is 1. The van der Waals surface area contributed by atoms with Crippen molar-refractivity contribution in [1.82, 2.24) is 9.80 Å². The van der Waals surface area contributed by atoms with E-state index in [9.17, 15) is 14.7 Å². The number of rotatable bonds is 4. The Hall–Kier alpha value is -1.59. The van der Waals surface area contributed by atoms with E-state index in [1.165, 1.54) is 6.42 Å². The topological polar surface area (TPSA) is 60.9 Å². The second-order valence-electron chi connectivity index (χ2n) is 6.85. The molecule has 1 aromatic rings. The fourth-order valence-electron chi connectivity index (χ4n) is 3.84. The molecule has 6 heteroatoms. The van der Waals surface area contributed by atoms with E-state index in [0.29, 0.717) is 25.9 Å². The van der Waals surface area contributed by atoms with Crippen LogP contribution in [0.15, 0.2) is 30.3 Å². The molecule has 25 heavy (non-hydrogen) atoms. The maximum absolute atomic E-state index is 13.2. The van der Waals surface area contributed by atoms with Crippen LogP contribution in [0.1, 0.15) is 43.7 Å². The second-order valence-corrected chi connectivity index (χ2v) is 6.85. The van der Waals surface area contributed by atoms with Gasteiger partial charge >= 0.3 is 5.97 Å². The summed E-state index contributed by atoms with van der Waals surface area (Å²) in [4.78, 5) is 28.5. The Morgan fingerprint density at radius 1 is 0.960 bits per heavy atom. The van der Waals surface area contributed by atoms with Crippen LogP contribution in [0.5, 0.6) is 0 Å². The van der Waals surface area contributed by atoms with Crippen molar-refractivity contribution in [1.29, 1.82) is 0 Å². The number of halogens is 1. The monoisotopic (exact) mass is 366 g/mol. The van der Waals surface area contributed by atoms with Crippen LogP contribution >= 0.6 is 12.4 Å². The van der Waals surface area contributed by atoms with E-state index in [1.54, 1.807) is 0 Å². The number of benzene rings is 1. The lowest BCUT2D eigenvalue weighted by atomic mass is 9.93. The minimum atomic E-state index is -0.715. The Morgan fingerprint density at radius 2 is 1.56 bits per heavy atom. The summed E-state index contributed by atoms with van der Waals surface area (Å²) < 4.78 is 0. The van der Waals surface area contributed by atoms with Crippen molar-refractivity contribution in [2.45, 2.75) is 38.1 Å². The minimum absolute atomic E-state index is 0. The molecule has 0 saturated carbocycles. The molecule has 2 fully saturated rings. The first-order chi connectivity index (χ1) is 11.7. The molecule has 1 amide bonds. The van der Waals surface area contributed by atoms with Crippen molar-refractivity contribution < 1.29 is 14.7 Å². The zero-order valence-corrected chi connectivity index (χ0v) is 15.3. The van der Waals surface area contributed by atoms with Crippen LogP contribution in [-0.4, -0.2) is 53.0 Å². The highest BCUT2D eigenvalue weighted by atomic mass is 35.5. The lowest BCUT2D eigenvalue weighted by Gasteiger charge is -2.39. The molecule has 3 rings (SSSR count). The molecule has 1 aromatic carbocycles. The molecule has 1 N–H and O–H groups in total. The van der Waals surface area contributed by atoms with Crippen molar-refractivity contribution in [3.8, 4) is 0 Å². The van der Waals surface area contributed by atoms with Crippen LogP contribution in [0.2, 0.25) is 0 Å². The van der Waals surface area contributed by atoms with Gasteiger partial charge in [-0.25, -0.2) is 0 Å². The number of aliphatic carboxylic acids is 1. The van der Waals surface area contributed by atoms with Crippen molar-refractivity contribution in [3.63, 3.8) is 0 Å². The predicted molar refractivity (Wildman–Crippen MR) is 98.8 cm³/mol. The third kappa shape index (κ3) is 4.73. The molecule has 0 bridgehead atoms. The maximum Gasteiger partial charge on any atom is 0.306 e. The number of hydrogen-bond acceptors (Lipinski definition) is 3. The van der Waals surface area contributed by atoms with Gasteiger partial charge in [-0.05, 0) is 37.7 Å². The summed E-state index contributed by atoms with van der Waals surface area (Å²) in [5.41, 5.74) is 1.02. The van der Waals surface area contributed by atoms with Crippen LogP contribution in [0.4, 0.5) is 0 Å². The molecule has 1 unspecified atom stereocenters. The van der Waals surface area contributed by atoms with E-state index in [4.69, 9.17) is 0 Å². The standard InChI is InChI=1S/C19H26N2O3.ClH/c22-18(21-11-5-2-6-12-21)17(15-7-3-1-4-8-15)20-13-9-16(10-14-20)19(23)24;/h1,3-4,7-8,16-17H,2,5-6,9-14H2,(H,23,24);1H. The van der Waals surface area contributed by atoms with Crippen LogP contribution in [-0.2, 0) is 9.59 Å². The van der Waals surface area contributed by atoms with E-state index in [2.05, 4.69) is 4.90 Å². The first kappa shape index (κ1) is 19.7. The molecule has 5 nitrogen and oxygen atoms in total. The van der Waals surface area contributed by atoms with E-state index in [1.807, 2.05) is 35.2 Å². The molecule has 2 heterocycles. The summed E-state index contributed by atoms with van der Waals surface area (Å²) in [5.74, 6) is -0.814. The summed E-state index contributed by atoms with van der Waals surface area (Å²) in [7, 11) is 0. The molecule has 138 valence electrons. The highest BCUT2D eigenvalue weighted by Crippen LogP contribution is 2.29. The van der Waals surface area contributed by atoms with Gasteiger partial charge in [0, 0.05) is 26.2 Å². The van der Waals surface area contributed by atoms with E-state index < -0.39 is 5.97 Å². The predicted octanol–water partition coefficient (Wildman–Crippen LogP) is 2.96. The van der Waals surface area contributed by atoms with Crippen molar-refractivity contribution >= 4 is 24.3 Å². The van der Waals surface area contributed by atoms with Gasteiger partial charge in [0.2, 0.25) is 5.91 Å². The number of hydrogen-bond donors (Lipinski definition) is 1. The molecule has 1 atom stereocenters. The smallest absolute Gasteiger partial charge is 0.306 e. The Bertz CT molecular complexity index is 567. The summed E-state index contributed by atoms with van der Waals surface area (Å²) in [6.45, 7) is 3.01. The lowest BCUT2D eigenvalue weighted by Crippen LogP contribution is -2.47. The first-order valence-corrected chi connectivity index (χ1v) is 8.97. The fourth-order valence-corrected chi connectivity index (χ4v) is 3.84. The van der Waals surface area contributed by atoms with Crippen molar-refractivity contribution in [2.75, 3.05) is 26.2 Å². The molecule has 2 aliphatic rings. The molecular weight excluding hydrogens is 340 g/mol. The number of nitrogens with zero attached hydrogens (tertiary/aromatic N) is 2. The summed E-state index contributed by atoms with van der Waals surface area (Å²) in [5, 5.41) is 9.20. The summed E-state index contributed by atoms with van der Waals surface area (Å²) in [6.07, 6.45) is 4.59. The average Bonchev–Trinajstić information content (AvgIpc) is 2.64. The number of carboxylic acid groups (broad SMARTS) is 1. The van der Waals surface area contributed by atoms with Gasteiger partial charge in [0.1, 0.15) is 6.04 Å². The largest absolute Gasteiger partial charge is 0.481 e. The van der Waals surface area contributed by atoms with Gasteiger partial charge in [-0.3, -0.25) is 14.5 Å². The van der Waals surface area contributed by atoms with Gasteiger partial charge in [0.15, 0.2) is 0 Å². The first-order valence-electron chi connectivity index (χ1n) is 8.97. The number of carbonyl (C=O) groups is 2. The number of carbonyl (C=O) groups excluding carboxylic acids is 1. The molecule has 2 saturated heterocycles. The van der Waals surface area contributed by atoms with E-state index in [0.717, 1.165) is 31.5 Å². The third-order valence-corrected chi connectivity index (χ3v) is 5.26. The number of amides is 1. The highest BCUT2D eigenvalue weighted by Gasteiger charge is 2.35. The molecular formula is C19H27ClN2O3. The Morgan fingerprint density at radius 3 is 2.12 bits per heavy atom. The number of likely N-dealkylation sites (tertiary alicyclic amines) is 2. The Labute approximate surface area is 155 Å². The Kier molecular flexibility index (Phi) is 7.26. The van der Waals surface area contributed by atoms with E-state index in [-0.39, 0.29) is 30.3 Å².